The molecule has 2 aliphatic heterocycles. The van der Waals surface area contributed by atoms with Gasteiger partial charge in [-0.1, -0.05) is 17.7 Å². The number of hydrogen-bond acceptors (Lipinski definition) is 6. The number of urea groups is 1. The van der Waals surface area contributed by atoms with Gasteiger partial charge in [0.2, 0.25) is 5.91 Å². The number of aryl methyl sites for hydroxylation is 1. The van der Waals surface area contributed by atoms with E-state index in [4.69, 9.17) is 9.47 Å². The Bertz CT molecular complexity index is 893. The fourth-order valence-corrected chi connectivity index (χ4v) is 3.49. The number of amides is 3. The van der Waals surface area contributed by atoms with Gasteiger partial charge < -0.3 is 25.0 Å². The topological polar surface area (TPSA) is 114 Å². The highest BCUT2D eigenvalue weighted by Crippen LogP contribution is 2.26. The van der Waals surface area contributed by atoms with Gasteiger partial charge in [-0.15, -0.1) is 0 Å². The Labute approximate surface area is 174 Å². The van der Waals surface area contributed by atoms with Crippen molar-refractivity contribution in [1.29, 1.82) is 0 Å². The molecule has 0 radical (unpaired) electrons. The van der Waals surface area contributed by atoms with Crippen LogP contribution in [0.3, 0.4) is 0 Å². The van der Waals surface area contributed by atoms with E-state index in [0.29, 0.717) is 0 Å². The highest BCUT2D eigenvalue weighted by molar-refractivity contribution is 5.99. The fourth-order valence-electron chi connectivity index (χ4n) is 3.49. The Hall–Kier alpha value is -3.36. The molecular weight excluding hydrogens is 390 g/mol. The molecule has 1 fully saturated rings. The number of anilines is 1. The lowest BCUT2D eigenvalue weighted by molar-refractivity contribution is -0.147. The molecule has 0 aliphatic carbocycles. The lowest BCUT2D eigenvalue weighted by atomic mass is 10.0. The van der Waals surface area contributed by atoms with Crippen molar-refractivity contribution in [3.05, 3.63) is 41.1 Å². The van der Waals surface area contributed by atoms with E-state index >= 15 is 0 Å². The molecule has 0 unspecified atom stereocenters. The number of ether oxygens (including phenoxy) is 2. The van der Waals surface area contributed by atoms with Gasteiger partial charge >= 0.3 is 18.0 Å². The van der Waals surface area contributed by atoms with Gasteiger partial charge in [0.05, 0.1) is 29.8 Å². The summed E-state index contributed by atoms with van der Waals surface area (Å²) in [7, 11) is 0. The molecule has 9 nitrogen and oxygen atoms in total. The molecule has 3 amide bonds. The number of carbonyl (C=O) groups excluding carboxylic acids is 4. The van der Waals surface area contributed by atoms with Crippen LogP contribution in [0.15, 0.2) is 35.5 Å². The molecular formula is C21H25N3O6. The van der Waals surface area contributed by atoms with Crippen LogP contribution in [-0.2, 0) is 23.9 Å². The molecule has 2 heterocycles. The predicted octanol–water partition coefficient (Wildman–Crippen LogP) is 1.41. The third-order valence-corrected chi connectivity index (χ3v) is 5.03. The van der Waals surface area contributed by atoms with Gasteiger partial charge in [0.15, 0.2) is 0 Å². The number of benzene rings is 1. The number of rotatable bonds is 6. The molecule has 2 aliphatic rings. The largest absolute Gasteiger partial charge is 0.463 e. The maximum absolute atomic E-state index is 12.6. The first kappa shape index (κ1) is 21.4. The zero-order chi connectivity index (χ0) is 21.8. The van der Waals surface area contributed by atoms with Crippen molar-refractivity contribution in [3.63, 3.8) is 0 Å². The summed E-state index contributed by atoms with van der Waals surface area (Å²) in [5.41, 5.74) is 2.18. The molecule has 0 bridgehead atoms. The average molecular weight is 415 g/mol. The SMILES string of the molecule is CCOC(=O)C1=C(COC(=O)[C@@H]2CC(=O)N(c3ccc(C)cc3)C2)NC(=O)N[C@@H]1C. The monoisotopic (exact) mass is 415 g/mol. The van der Waals surface area contributed by atoms with Crippen LogP contribution in [0.5, 0.6) is 0 Å². The summed E-state index contributed by atoms with van der Waals surface area (Å²) < 4.78 is 10.4. The predicted molar refractivity (Wildman–Crippen MR) is 107 cm³/mol. The van der Waals surface area contributed by atoms with Crippen LogP contribution >= 0.6 is 0 Å². The van der Waals surface area contributed by atoms with Gasteiger partial charge in [-0.25, -0.2) is 9.59 Å². The third kappa shape index (κ3) is 4.61. The summed E-state index contributed by atoms with van der Waals surface area (Å²) in [6.45, 7) is 5.37. The van der Waals surface area contributed by atoms with E-state index in [1.165, 1.54) is 0 Å². The first-order valence-corrected chi connectivity index (χ1v) is 9.81. The summed E-state index contributed by atoms with van der Waals surface area (Å²) in [5, 5.41) is 5.08. The molecule has 1 aromatic carbocycles. The van der Waals surface area contributed by atoms with Crippen molar-refractivity contribution in [2.45, 2.75) is 33.2 Å². The minimum Gasteiger partial charge on any atom is -0.463 e. The summed E-state index contributed by atoms with van der Waals surface area (Å²) in [6, 6.07) is 6.39. The Morgan fingerprint density at radius 3 is 2.53 bits per heavy atom. The standard InChI is InChI=1S/C21H25N3O6/c1-4-29-20(27)18-13(3)22-21(28)23-16(18)11-30-19(26)14-9-17(25)24(10-14)15-7-5-12(2)6-8-15/h5-8,13-14H,4,9-11H2,1-3H3,(H2,22,23,28)/t13-,14-/m1/s1. The highest BCUT2D eigenvalue weighted by Gasteiger charge is 2.37. The molecule has 0 saturated carbocycles. The molecule has 3 rings (SSSR count). The van der Waals surface area contributed by atoms with Crippen LogP contribution < -0.4 is 15.5 Å². The summed E-state index contributed by atoms with van der Waals surface area (Å²) in [5.74, 6) is -1.93. The second-order valence-electron chi connectivity index (χ2n) is 7.28. The zero-order valence-electron chi connectivity index (χ0n) is 17.2. The average Bonchev–Trinajstić information content (AvgIpc) is 3.08. The molecule has 9 heteroatoms. The van der Waals surface area contributed by atoms with E-state index in [-0.39, 0.29) is 43.4 Å². The van der Waals surface area contributed by atoms with E-state index in [2.05, 4.69) is 10.6 Å². The Kier molecular flexibility index (Phi) is 6.39. The lowest BCUT2D eigenvalue weighted by Crippen LogP contribution is -2.50. The number of carbonyl (C=O) groups is 4. The van der Waals surface area contributed by atoms with E-state index in [1.807, 2.05) is 31.2 Å². The second-order valence-corrected chi connectivity index (χ2v) is 7.28. The van der Waals surface area contributed by atoms with E-state index in [0.717, 1.165) is 11.3 Å². The van der Waals surface area contributed by atoms with Crippen molar-refractivity contribution >= 4 is 29.6 Å². The first-order chi connectivity index (χ1) is 14.3. The minimum absolute atomic E-state index is 0.0425. The Balaban J connectivity index is 1.67. The van der Waals surface area contributed by atoms with Crippen molar-refractivity contribution < 1.29 is 28.7 Å². The van der Waals surface area contributed by atoms with Gasteiger partial charge in [0.25, 0.3) is 0 Å². The van der Waals surface area contributed by atoms with Gasteiger partial charge in [-0.2, -0.15) is 0 Å². The van der Waals surface area contributed by atoms with Gasteiger partial charge in [-0.3, -0.25) is 9.59 Å². The van der Waals surface area contributed by atoms with Crippen LogP contribution in [-0.4, -0.2) is 49.7 Å². The maximum atomic E-state index is 12.6. The van der Waals surface area contributed by atoms with E-state index < -0.39 is 29.9 Å². The van der Waals surface area contributed by atoms with Crippen LogP contribution in [0.1, 0.15) is 25.8 Å². The van der Waals surface area contributed by atoms with Gasteiger partial charge in [-0.05, 0) is 32.9 Å². The second kappa shape index (κ2) is 8.98. The zero-order valence-corrected chi connectivity index (χ0v) is 17.2. The van der Waals surface area contributed by atoms with Crippen LogP contribution in [0, 0.1) is 12.8 Å². The Morgan fingerprint density at radius 1 is 1.17 bits per heavy atom. The van der Waals surface area contributed by atoms with Crippen molar-refractivity contribution in [3.8, 4) is 0 Å². The number of nitrogens with zero attached hydrogens (tertiary/aromatic N) is 1. The lowest BCUT2D eigenvalue weighted by Gasteiger charge is -2.26. The third-order valence-electron chi connectivity index (χ3n) is 5.03. The number of nitrogens with one attached hydrogen (secondary N) is 2. The summed E-state index contributed by atoms with van der Waals surface area (Å²) >= 11 is 0. The molecule has 2 N–H and O–H groups in total. The quantitative estimate of drug-likeness (QED) is 0.679. The maximum Gasteiger partial charge on any atom is 0.338 e. The molecule has 1 saturated heterocycles. The molecule has 160 valence electrons. The van der Waals surface area contributed by atoms with E-state index in [9.17, 15) is 19.2 Å². The van der Waals surface area contributed by atoms with Crippen molar-refractivity contribution in [1.82, 2.24) is 10.6 Å². The first-order valence-electron chi connectivity index (χ1n) is 9.81. The van der Waals surface area contributed by atoms with Crippen molar-refractivity contribution in [2.75, 3.05) is 24.7 Å². The smallest absolute Gasteiger partial charge is 0.338 e. The van der Waals surface area contributed by atoms with Crippen LogP contribution in [0.4, 0.5) is 10.5 Å². The summed E-state index contributed by atoms with van der Waals surface area (Å²) in [6.07, 6.45) is 0.0425. The molecule has 1 aromatic rings. The van der Waals surface area contributed by atoms with Crippen LogP contribution in [0.2, 0.25) is 0 Å². The fraction of sp³-hybridized carbons (Fsp3) is 0.429. The molecule has 30 heavy (non-hydrogen) atoms. The number of esters is 2. The molecule has 0 aromatic heterocycles. The van der Waals surface area contributed by atoms with Gasteiger partial charge in [0, 0.05) is 18.7 Å². The van der Waals surface area contributed by atoms with Gasteiger partial charge in [0.1, 0.15) is 6.61 Å². The van der Waals surface area contributed by atoms with E-state index in [1.54, 1.807) is 18.7 Å². The normalized spacial score (nSPS) is 21.2. The van der Waals surface area contributed by atoms with Crippen molar-refractivity contribution in [2.24, 2.45) is 5.92 Å². The Morgan fingerprint density at radius 2 is 1.87 bits per heavy atom. The highest BCUT2D eigenvalue weighted by atomic mass is 16.5. The molecule has 0 spiro atoms. The number of hydrogen-bond donors (Lipinski definition) is 2. The minimum atomic E-state index is -0.625. The van der Waals surface area contributed by atoms with Crippen LogP contribution in [0.25, 0.3) is 0 Å². The summed E-state index contributed by atoms with van der Waals surface area (Å²) in [4.78, 5) is 50.5. The molecule has 2 atom stereocenters.